The Morgan fingerprint density at radius 3 is 1.72 bits per heavy atom. The number of carbonyl (C=O) groups excluding carboxylic acids is 5. The molecule has 389 valence electrons. The number of carbonyl (C=O) groups is 7. The quantitative estimate of drug-likeness (QED) is 0.0428. The van der Waals surface area contributed by atoms with Crippen LogP contribution in [-0.2, 0) is 58.9 Å². The van der Waals surface area contributed by atoms with Crippen LogP contribution in [0.1, 0.15) is 167 Å². The molecule has 1 unspecified atom stereocenters. The van der Waals surface area contributed by atoms with Crippen molar-refractivity contribution in [3.8, 4) is 0 Å². The van der Waals surface area contributed by atoms with Crippen molar-refractivity contribution in [3.63, 3.8) is 0 Å². The van der Waals surface area contributed by atoms with Crippen molar-refractivity contribution in [2.24, 2.45) is 5.92 Å². The molecule has 1 aromatic heterocycles. The number of hydrogen-bond acceptors (Lipinski definition) is 12. The van der Waals surface area contributed by atoms with Crippen LogP contribution in [0, 0.1) is 5.92 Å². The molecular weight excluding hydrogens is 881 g/mol. The summed E-state index contributed by atoms with van der Waals surface area (Å²) in [4.78, 5) is 91.1. The third-order valence-electron chi connectivity index (χ3n) is 11.3. The van der Waals surface area contributed by atoms with E-state index in [-0.39, 0.29) is 121 Å². The largest absolute Gasteiger partial charge is 0.481 e. The first-order valence-corrected chi connectivity index (χ1v) is 25.2. The molecule has 19 nitrogen and oxygen atoms in total. The molecule has 1 aromatic rings. The predicted octanol–water partition coefficient (Wildman–Crippen LogP) is 5.69. The standard InChI is InChI=1S/C49H85N6O13/c1-2-3-4-5-6-7-8-9-10-11-12-13-14-15-16-22-45(58)55-43(49(63)64)24-23-41(56)21-19-27-65-29-31-67-37-47(60)53-26-28-66-30-32-68-36-46(59)52-25-18-17-20-39(48(61)62)33-44(57)42(50)34-40-35-51-38-54-40/h35,38-39,42-43,50H,2-34,36-37H2,1H3,(H,51,54)(H,52,59)(H,53,60)(H,55,58)(H,61,62)(H,63,64)/t39-,42+,43?/m1/s1. The highest BCUT2D eigenvalue weighted by Gasteiger charge is 2.25. The monoisotopic (exact) mass is 966 g/mol. The SMILES string of the molecule is CCCCCCCCCCCCCCCCCC(=O)NC(CCC(=O)CCCOCCOCC(=O)NCCOCCOCC(=O)NCCCC[C@H](CC(=O)[C@@H]([NH])Cc1cnc[nH]1)C(=O)O)C(=O)O. The summed E-state index contributed by atoms with van der Waals surface area (Å²) in [6.45, 7) is 3.78. The van der Waals surface area contributed by atoms with Crippen LogP contribution in [0.2, 0.25) is 0 Å². The second-order valence-electron chi connectivity index (χ2n) is 17.4. The van der Waals surface area contributed by atoms with Gasteiger partial charge in [-0.05, 0) is 32.1 Å². The number of hydrogen-bond donors (Lipinski definition) is 6. The molecule has 0 bridgehead atoms. The number of aromatic nitrogens is 2. The van der Waals surface area contributed by atoms with E-state index in [0.717, 1.165) is 25.7 Å². The van der Waals surface area contributed by atoms with Gasteiger partial charge in [0.2, 0.25) is 17.7 Å². The van der Waals surface area contributed by atoms with Crippen LogP contribution < -0.4 is 21.7 Å². The average Bonchev–Trinajstić information content (AvgIpc) is 3.83. The Bertz CT molecular complexity index is 1500. The van der Waals surface area contributed by atoms with Crippen molar-refractivity contribution >= 4 is 41.2 Å². The van der Waals surface area contributed by atoms with Gasteiger partial charge in [0.1, 0.15) is 25.0 Å². The fourth-order valence-electron chi connectivity index (χ4n) is 7.29. The van der Waals surface area contributed by atoms with Gasteiger partial charge >= 0.3 is 11.9 Å². The van der Waals surface area contributed by atoms with Crippen LogP contribution in [0.3, 0.4) is 0 Å². The van der Waals surface area contributed by atoms with Crippen molar-refractivity contribution in [2.75, 3.05) is 65.9 Å². The third kappa shape index (κ3) is 36.7. The summed E-state index contributed by atoms with van der Waals surface area (Å²) in [7, 11) is 0. The lowest BCUT2D eigenvalue weighted by molar-refractivity contribution is -0.144. The number of H-pyrrole nitrogens is 1. The van der Waals surface area contributed by atoms with Crippen molar-refractivity contribution < 1.29 is 62.7 Å². The smallest absolute Gasteiger partial charge is 0.326 e. The number of Topliss-reactive ketones (excluding diaryl/α,β-unsaturated/α-hetero) is 2. The van der Waals surface area contributed by atoms with Gasteiger partial charge in [0.15, 0.2) is 5.78 Å². The number of ether oxygens (including phenoxy) is 4. The highest BCUT2D eigenvalue weighted by molar-refractivity contribution is 5.88. The molecule has 3 amide bonds. The van der Waals surface area contributed by atoms with Gasteiger partial charge < -0.3 is 50.1 Å². The molecule has 0 saturated carbocycles. The molecular formula is C49H85N6O13. The molecule has 0 spiro atoms. The van der Waals surface area contributed by atoms with Crippen LogP contribution in [0.5, 0.6) is 0 Å². The number of nitrogens with zero attached hydrogens (tertiary/aromatic N) is 1. The second-order valence-corrected chi connectivity index (χ2v) is 17.4. The number of carboxylic acids is 2. The lowest BCUT2D eigenvalue weighted by Crippen LogP contribution is -2.41. The lowest BCUT2D eigenvalue weighted by Gasteiger charge is -2.14. The Labute approximate surface area is 404 Å². The molecule has 1 heterocycles. The van der Waals surface area contributed by atoms with E-state index in [1.54, 1.807) is 0 Å². The molecule has 1 radical (unpaired) electrons. The van der Waals surface area contributed by atoms with Crippen molar-refractivity contribution in [2.45, 2.75) is 180 Å². The number of amides is 3. The third-order valence-corrected chi connectivity index (χ3v) is 11.3. The number of ketones is 2. The maximum atomic E-state index is 12.4. The first-order chi connectivity index (χ1) is 32.9. The molecule has 0 aromatic carbocycles. The Morgan fingerprint density at radius 2 is 1.16 bits per heavy atom. The van der Waals surface area contributed by atoms with Crippen molar-refractivity contribution in [3.05, 3.63) is 18.2 Å². The molecule has 0 aliphatic rings. The summed E-state index contributed by atoms with van der Waals surface area (Å²) in [6.07, 6.45) is 23.7. The minimum absolute atomic E-state index is 0.0407. The van der Waals surface area contributed by atoms with Crippen molar-refractivity contribution in [1.82, 2.24) is 31.7 Å². The van der Waals surface area contributed by atoms with E-state index >= 15 is 0 Å². The topological polar surface area (TPSA) is 285 Å². The van der Waals surface area contributed by atoms with Crippen LogP contribution in [0.4, 0.5) is 0 Å². The van der Waals surface area contributed by atoms with Crippen molar-refractivity contribution in [1.29, 1.82) is 0 Å². The Kier molecular flexibility index (Phi) is 38.8. The zero-order valence-electron chi connectivity index (χ0n) is 41.0. The fraction of sp³-hybridized carbons (Fsp3) is 0.796. The van der Waals surface area contributed by atoms with Crippen LogP contribution in [0.25, 0.3) is 0 Å². The molecule has 0 fully saturated rings. The van der Waals surface area contributed by atoms with E-state index in [2.05, 4.69) is 32.8 Å². The zero-order chi connectivity index (χ0) is 49.9. The van der Waals surface area contributed by atoms with Gasteiger partial charge in [-0.25, -0.2) is 15.5 Å². The molecule has 19 heteroatoms. The number of aromatic amines is 1. The molecule has 7 N–H and O–H groups in total. The summed E-state index contributed by atoms with van der Waals surface area (Å²) >= 11 is 0. The van der Waals surface area contributed by atoms with E-state index in [9.17, 15) is 43.8 Å². The first-order valence-electron chi connectivity index (χ1n) is 25.2. The summed E-state index contributed by atoms with van der Waals surface area (Å²) in [6, 6.07) is -2.16. The maximum Gasteiger partial charge on any atom is 0.326 e. The van der Waals surface area contributed by atoms with Gasteiger partial charge in [0, 0.05) is 63.7 Å². The van der Waals surface area contributed by atoms with Gasteiger partial charge in [0.05, 0.1) is 51.3 Å². The summed E-state index contributed by atoms with van der Waals surface area (Å²) < 4.78 is 21.5. The average molecular weight is 966 g/mol. The van der Waals surface area contributed by atoms with Gasteiger partial charge in [-0.3, -0.25) is 28.8 Å². The van der Waals surface area contributed by atoms with E-state index in [0.29, 0.717) is 38.1 Å². The Balaban J connectivity index is 1.93. The number of carboxylic acid groups (broad SMARTS) is 2. The number of unbranched alkanes of at least 4 members (excludes halogenated alkanes) is 15. The number of imidazole rings is 1. The number of aliphatic carboxylic acids is 2. The summed E-state index contributed by atoms with van der Waals surface area (Å²) in [5.74, 6) is -4.63. The van der Waals surface area contributed by atoms with Gasteiger partial charge in [0.25, 0.3) is 0 Å². The highest BCUT2D eigenvalue weighted by Crippen LogP contribution is 2.17. The molecule has 0 aliphatic carbocycles. The van der Waals surface area contributed by atoms with Crippen LogP contribution >= 0.6 is 0 Å². The van der Waals surface area contributed by atoms with E-state index in [1.807, 2.05) is 0 Å². The van der Waals surface area contributed by atoms with E-state index in [1.165, 1.54) is 83.2 Å². The normalized spacial score (nSPS) is 12.6. The lowest BCUT2D eigenvalue weighted by atomic mass is 9.92. The summed E-state index contributed by atoms with van der Waals surface area (Å²) in [5, 5.41) is 27.0. The number of nitrogens with one attached hydrogen (secondary N) is 5. The Hall–Kier alpha value is -4.30. The van der Waals surface area contributed by atoms with Gasteiger partial charge in [-0.2, -0.15) is 0 Å². The second kappa shape index (κ2) is 42.8. The zero-order valence-corrected chi connectivity index (χ0v) is 41.0. The minimum atomic E-state index is -1.15. The highest BCUT2D eigenvalue weighted by atomic mass is 16.5. The van der Waals surface area contributed by atoms with E-state index in [4.69, 9.17) is 24.7 Å². The minimum Gasteiger partial charge on any atom is -0.481 e. The first kappa shape index (κ1) is 61.7. The maximum absolute atomic E-state index is 12.4. The van der Waals surface area contributed by atoms with E-state index < -0.39 is 35.7 Å². The van der Waals surface area contributed by atoms with Crippen LogP contribution in [-0.4, -0.2) is 139 Å². The Morgan fingerprint density at radius 1 is 0.603 bits per heavy atom. The van der Waals surface area contributed by atoms with Gasteiger partial charge in [-0.15, -0.1) is 0 Å². The molecule has 1 rings (SSSR count). The molecule has 0 aliphatic heterocycles. The van der Waals surface area contributed by atoms with Gasteiger partial charge in [-0.1, -0.05) is 103 Å². The molecule has 68 heavy (non-hydrogen) atoms. The number of rotatable bonds is 49. The predicted molar refractivity (Wildman–Crippen MR) is 256 cm³/mol. The fourth-order valence-corrected chi connectivity index (χ4v) is 7.29. The molecule has 3 atom stereocenters. The molecule has 0 saturated heterocycles. The van der Waals surface area contributed by atoms with Crippen LogP contribution in [0.15, 0.2) is 12.5 Å². The summed E-state index contributed by atoms with van der Waals surface area (Å²) in [5.41, 5.74) is 8.65.